The molecule has 4 aromatic carbocycles. The maximum absolute atomic E-state index is 14.9. The van der Waals surface area contributed by atoms with Crippen molar-refractivity contribution >= 4 is 12.2 Å². The Balaban J connectivity index is 1.49. The molecule has 0 aromatic heterocycles. The van der Waals surface area contributed by atoms with Crippen molar-refractivity contribution in [1.82, 2.24) is 0 Å². The standard InChI is InChI=1S/C33H31F3/c1-3-5-7-27-18-19-29(22-31(27)34)25-13-8-24(9-14-25)12-17-28-20-21-30(33(36)32(28)35)26-15-10-23(6-4-2)11-16-26/h8-22H,3-7H2,1-2H3/b17-12+. The fraction of sp³-hybridized carbons (Fsp3) is 0.212. The molecule has 3 heteroatoms. The summed E-state index contributed by atoms with van der Waals surface area (Å²) < 4.78 is 44.1. The summed E-state index contributed by atoms with van der Waals surface area (Å²) in [4.78, 5) is 0. The van der Waals surface area contributed by atoms with Crippen LogP contribution in [0, 0.1) is 17.5 Å². The maximum Gasteiger partial charge on any atom is 0.167 e. The van der Waals surface area contributed by atoms with Crippen molar-refractivity contribution in [3.63, 3.8) is 0 Å². The van der Waals surface area contributed by atoms with Crippen molar-refractivity contribution in [2.75, 3.05) is 0 Å². The minimum Gasteiger partial charge on any atom is -0.207 e. The van der Waals surface area contributed by atoms with Crippen molar-refractivity contribution < 1.29 is 13.2 Å². The van der Waals surface area contributed by atoms with Crippen LogP contribution in [0.4, 0.5) is 13.2 Å². The van der Waals surface area contributed by atoms with E-state index in [1.165, 1.54) is 5.56 Å². The van der Waals surface area contributed by atoms with Gasteiger partial charge in [0, 0.05) is 11.1 Å². The van der Waals surface area contributed by atoms with Crippen LogP contribution in [0.2, 0.25) is 0 Å². The molecule has 4 aromatic rings. The Labute approximate surface area is 212 Å². The summed E-state index contributed by atoms with van der Waals surface area (Å²) >= 11 is 0. The lowest BCUT2D eigenvalue weighted by atomic mass is 9.99. The zero-order valence-electron chi connectivity index (χ0n) is 20.8. The highest BCUT2D eigenvalue weighted by atomic mass is 19.2. The molecule has 0 fully saturated rings. The van der Waals surface area contributed by atoms with E-state index >= 15 is 0 Å². The van der Waals surface area contributed by atoms with Crippen LogP contribution in [0.25, 0.3) is 34.4 Å². The van der Waals surface area contributed by atoms with Crippen LogP contribution in [0.1, 0.15) is 55.4 Å². The molecule has 36 heavy (non-hydrogen) atoms. The van der Waals surface area contributed by atoms with Gasteiger partial charge in [0.25, 0.3) is 0 Å². The summed E-state index contributed by atoms with van der Waals surface area (Å²) in [6.45, 7) is 4.20. The smallest absolute Gasteiger partial charge is 0.167 e. The number of hydrogen-bond donors (Lipinski definition) is 0. The zero-order chi connectivity index (χ0) is 25.5. The lowest BCUT2D eigenvalue weighted by Gasteiger charge is -2.08. The van der Waals surface area contributed by atoms with Crippen molar-refractivity contribution in [1.29, 1.82) is 0 Å². The fourth-order valence-electron chi connectivity index (χ4n) is 4.33. The van der Waals surface area contributed by atoms with E-state index in [-0.39, 0.29) is 16.9 Å². The van der Waals surface area contributed by atoms with E-state index in [0.29, 0.717) is 5.56 Å². The Hall–Kier alpha value is -3.59. The normalized spacial score (nSPS) is 11.4. The van der Waals surface area contributed by atoms with E-state index in [1.807, 2.05) is 60.7 Å². The molecular formula is C33H31F3. The molecule has 0 saturated heterocycles. The summed E-state index contributed by atoms with van der Waals surface area (Å²) in [5.74, 6) is -1.89. The van der Waals surface area contributed by atoms with Crippen molar-refractivity contribution in [2.24, 2.45) is 0 Å². The predicted octanol–water partition coefficient (Wildman–Crippen LogP) is 9.90. The molecule has 0 nitrogen and oxygen atoms in total. The number of hydrogen-bond acceptors (Lipinski definition) is 0. The molecule has 0 saturated carbocycles. The van der Waals surface area contributed by atoms with Crippen LogP contribution < -0.4 is 0 Å². The number of unbranched alkanes of at least 4 members (excludes halogenated alkanes) is 1. The first-order valence-corrected chi connectivity index (χ1v) is 12.6. The highest BCUT2D eigenvalue weighted by Crippen LogP contribution is 2.28. The van der Waals surface area contributed by atoms with Gasteiger partial charge < -0.3 is 0 Å². The SMILES string of the molecule is CCCCc1ccc(-c2ccc(/C=C/c3ccc(-c4ccc(CCC)cc4)c(F)c3F)cc2)cc1F. The number of benzene rings is 4. The average Bonchev–Trinajstić information content (AvgIpc) is 2.90. The van der Waals surface area contributed by atoms with Gasteiger partial charge in [0.2, 0.25) is 0 Å². The molecule has 0 aliphatic carbocycles. The van der Waals surface area contributed by atoms with Gasteiger partial charge in [-0.15, -0.1) is 0 Å². The van der Waals surface area contributed by atoms with Crippen LogP contribution in [0.3, 0.4) is 0 Å². The number of aryl methyl sites for hydroxylation is 2. The Kier molecular flexibility index (Phi) is 8.43. The second-order valence-electron chi connectivity index (χ2n) is 9.14. The predicted molar refractivity (Wildman–Crippen MR) is 145 cm³/mol. The molecule has 0 spiro atoms. The van der Waals surface area contributed by atoms with Gasteiger partial charge in [-0.05, 0) is 58.7 Å². The highest BCUT2D eigenvalue weighted by Gasteiger charge is 2.13. The average molecular weight is 485 g/mol. The monoisotopic (exact) mass is 484 g/mol. The van der Waals surface area contributed by atoms with Crippen LogP contribution in [0.5, 0.6) is 0 Å². The minimum absolute atomic E-state index is 0.178. The van der Waals surface area contributed by atoms with E-state index in [2.05, 4.69) is 13.8 Å². The molecule has 0 amide bonds. The van der Waals surface area contributed by atoms with Gasteiger partial charge in [-0.3, -0.25) is 0 Å². The first-order chi connectivity index (χ1) is 17.5. The fourth-order valence-corrected chi connectivity index (χ4v) is 4.33. The lowest BCUT2D eigenvalue weighted by Crippen LogP contribution is -1.94. The van der Waals surface area contributed by atoms with E-state index in [1.54, 1.807) is 30.4 Å². The van der Waals surface area contributed by atoms with Crippen molar-refractivity contribution in [3.8, 4) is 22.3 Å². The summed E-state index contributed by atoms with van der Waals surface area (Å²) in [5, 5.41) is 0. The molecule has 0 heterocycles. The Morgan fingerprint density at radius 3 is 1.97 bits per heavy atom. The van der Waals surface area contributed by atoms with E-state index < -0.39 is 11.6 Å². The van der Waals surface area contributed by atoms with Gasteiger partial charge in [-0.25, -0.2) is 13.2 Å². The second kappa shape index (κ2) is 11.9. The number of halogens is 3. The maximum atomic E-state index is 14.9. The molecule has 4 rings (SSSR count). The molecule has 184 valence electrons. The van der Waals surface area contributed by atoms with E-state index in [9.17, 15) is 13.2 Å². The Morgan fingerprint density at radius 1 is 0.611 bits per heavy atom. The quantitative estimate of drug-likeness (QED) is 0.207. The lowest BCUT2D eigenvalue weighted by molar-refractivity contribution is 0.509. The first kappa shape index (κ1) is 25.5. The van der Waals surface area contributed by atoms with Crippen molar-refractivity contribution in [3.05, 3.63) is 119 Å². The third-order valence-corrected chi connectivity index (χ3v) is 6.47. The van der Waals surface area contributed by atoms with Gasteiger partial charge in [0.05, 0.1) is 0 Å². The third kappa shape index (κ3) is 5.96. The van der Waals surface area contributed by atoms with E-state index in [0.717, 1.165) is 54.4 Å². The molecule has 0 aliphatic heterocycles. The first-order valence-electron chi connectivity index (χ1n) is 12.6. The van der Waals surface area contributed by atoms with Gasteiger partial charge in [0.1, 0.15) is 5.82 Å². The van der Waals surface area contributed by atoms with Gasteiger partial charge in [0.15, 0.2) is 11.6 Å². The second-order valence-corrected chi connectivity index (χ2v) is 9.14. The summed E-state index contributed by atoms with van der Waals surface area (Å²) in [5.41, 5.74) is 5.59. The van der Waals surface area contributed by atoms with Crippen molar-refractivity contribution in [2.45, 2.75) is 46.0 Å². The third-order valence-electron chi connectivity index (χ3n) is 6.47. The van der Waals surface area contributed by atoms with Crippen LogP contribution >= 0.6 is 0 Å². The summed E-state index contributed by atoms with van der Waals surface area (Å²) in [6, 6.07) is 23.8. The molecule has 0 atom stereocenters. The largest absolute Gasteiger partial charge is 0.207 e. The number of rotatable bonds is 9. The molecule has 0 N–H and O–H groups in total. The Bertz CT molecular complexity index is 1330. The summed E-state index contributed by atoms with van der Waals surface area (Å²) in [6.07, 6.45) is 8.07. The molecule has 0 bridgehead atoms. The molecule has 0 radical (unpaired) electrons. The Morgan fingerprint density at radius 2 is 1.31 bits per heavy atom. The highest BCUT2D eigenvalue weighted by molar-refractivity contribution is 5.74. The van der Waals surface area contributed by atoms with Gasteiger partial charge in [-0.2, -0.15) is 0 Å². The molecule has 0 unspecified atom stereocenters. The van der Waals surface area contributed by atoms with Crippen LogP contribution in [-0.2, 0) is 12.8 Å². The zero-order valence-corrected chi connectivity index (χ0v) is 20.8. The minimum atomic E-state index is -0.864. The van der Waals surface area contributed by atoms with Crippen LogP contribution in [-0.4, -0.2) is 0 Å². The molecular weight excluding hydrogens is 453 g/mol. The summed E-state index contributed by atoms with van der Waals surface area (Å²) in [7, 11) is 0. The molecule has 0 aliphatic rings. The topological polar surface area (TPSA) is 0 Å². The van der Waals surface area contributed by atoms with Crippen LogP contribution in [0.15, 0.2) is 78.9 Å². The van der Waals surface area contributed by atoms with E-state index in [4.69, 9.17) is 0 Å². The van der Waals surface area contributed by atoms with Gasteiger partial charge in [-0.1, -0.05) is 112 Å². The van der Waals surface area contributed by atoms with Gasteiger partial charge >= 0.3 is 0 Å².